The average Bonchev–Trinajstić information content (AvgIpc) is 3.26. The van der Waals surface area contributed by atoms with Crippen molar-refractivity contribution < 1.29 is 9.53 Å². The Morgan fingerprint density at radius 3 is 3.00 bits per heavy atom. The minimum atomic E-state index is -0.195. The molecule has 108 valence electrons. The second-order valence-electron chi connectivity index (χ2n) is 5.51. The van der Waals surface area contributed by atoms with Gasteiger partial charge in [-0.15, -0.1) is 10.2 Å². The first-order valence-corrected chi connectivity index (χ1v) is 7.25. The van der Waals surface area contributed by atoms with Gasteiger partial charge in [-0.2, -0.15) is 0 Å². The molecule has 2 aliphatic rings. The molecule has 6 nitrogen and oxygen atoms in total. The van der Waals surface area contributed by atoms with E-state index in [1.807, 2.05) is 28.8 Å². The van der Waals surface area contributed by atoms with E-state index in [1.54, 1.807) is 6.33 Å². The minimum Gasteiger partial charge on any atom is -0.493 e. The normalized spacial score (nSPS) is 20.5. The molecular formula is C15H16N4O2. The van der Waals surface area contributed by atoms with E-state index >= 15 is 0 Å². The van der Waals surface area contributed by atoms with Crippen LogP contribution in [0.2, 0.25) is 0 Å². The molecule has 1 N–H and O–H groups in total. The Hall–Kier alpha value is -2.37. The highest BCUT2D eigenvalue weighted by molar-refractivity contribution is 5.95. The van der Waals surface area contributed by atoms with Gasteiger partial charge in [-0.05, 0) is 25.3 Å². The first kappa shape index (κ1) is 12.4. The first-order chi connectivity index (χ1) is 10.3. The lowest BCUT2D eigenvalue weighted by Gasteiger charge is -2.24. The predicted molar refractivity (Wildman–Crippen MR) is 76.2 cm³/mol. The Kier molecular flexibility index (Phi) is 2.87. The number of hydrogen-bond acceptors (Lipinski definition) is 4. The molecule has 1 atom stereocenters. The molecule has 1 aromatic heterocycles. The number of benzene rings is 1. The number of rotatable bonds is 3. The third-order valence-corrected chi connectivity index (χ3v) is 4.02. The van der Waals surface area contributed by atoms with Crippen LogP contribution in [0, 0.1) is 0 Å². The number of anilines is 1. The van der Waals surface area contributed by atoms with E-state index < -0.39 is 0 Å². The van der Waals surface area contributed by atoms with E-state index in [1.165, 1.54) is 0 Å². The van der Waals surface area contributed by atoms with Crippen molar-refractivity contribution in [3.8, 4) is 5.75 Å². The van der Waals surface area contributed by atoms with Crippen molar-refractivity contribution in [3.63, 3.8) is 0 Å². The van der Waals surface area contributed by atoms with Crippen molar-refractivity contribution in [2.24, 2.45) is 0 Å². The van der Waals surface area contributed by atoms with Gasteiger partial charge in [-0.1, -0.05) is 18.2 Å². The van der Waals surface area contributed by atoms with E-state index in [0.29, 0.717) is 25.0 Å². The van der Waals surface area contributed by atoms with Crippen molar-refractivity contribution in [1.29, 1.82) is 0 Å². The average molecular weight is 284 g/mol. The Bertz CT molecular complexity index is 678. The standard InChI is InChI=1S/C15H16N4O2/c20-14(17-15-18-16-9-19(15)10-5-6-10)12-7-8-21-13-4-2-1-3-11(12)13/h1-4,9-10,12H,5-8H2,(H,17,18,20). The zero-order valence-electron chi connectivity index (χ0n) is 11.5. The van der Waals surface area contributed by atoms with Crippen LogP contribution in [-0.4, -0.2) is 27.3 Å². The molecule has 1 amide bonds. The summed E-state index contributed by atoms with van der Waals surface area (Å²) in [5.41, 5.74) is 0.943. The monoisotopic (exact) mass is 284 g/mol. The van der Waals surface area contributed by atoms with E-state index in [0.717, 1.165) is 24.2 Å². The van der Waals surface area contributed by atoms with Gasteiger partial charge in [0.05, 0.1) is 12.5 Å². The van der Waals surface area contributed by atoms with Gasteiger partial charge in [0.2, 0.25) is 11.9 Å². The maximum atomic E-state index is 12.6. The molecule has 0 saturated heterocycles. The van der Waals surface area contributed by atoms with Crippen molar-refractivity contribution in [3.05, 3.63) is 36.2 Å². The second kappa shape index (κ2) is 4.87. The van der Waals surface area contributed by atoms with Crippen molar-refractivity contribution in [2.75, 3.05) is 11.9 Å². The van der Waals surface area contributed by atoms with Crippen LogP contribution in [-0.2, 0) is 4.79 Å². The fraction of sp³-hybridized carbons (Fsp3) is 0.400. The number of nitrogens with one attached hydrogen (secondary N) is 1. The van der Waals surface area contributed by atoms with Gasteiger partial charge >= 0.3 is 0 Å². The maximum Gasteiger partial charge on any atom is 0.234 e. The Morgan fingerprint density at radius 2 is 2.14 bits per heavy atom. The van der Waals surface area contributed by atoms with Crippen LogP contribution in [0.3, 0.4) is 0 Å². The first-order valence-electron chi connectivity index (χ1n) is 7.25. The minimum absolute atomic E-state index is 0.0411. The van der Waals surface area contributed by atoms with Gasteiger partial charge in [-0.3, -0.25) is 14.7 Å². The number of carbonyl (C=O) groups excluding carboxylic acids is 1. The van der Waals surface area contributed by atoms with Crippen LogP contribution in [0.15, 0.2) is 30.6 Å². The Balaban J connectivity index is 1.57. The van der Waals surface area contributed by atoms with E-state index in [2.05, 4.69) is 15.5 Å². The molecule has 1 aromatic carbocycles. The van der Waals surface area contributed by atoms with Gasteiger partial charge in [0.15, 0.2) is 0 Å². The molecule has 0 bridgehead atoms. The van der Waals surface area contributed by atoms with E-state index in [-0.39, 0.29) is 11.8 Å². The zero-order chi connectivity index (χ0) is 14.2. The van der Waals surface area contributed by atoms with E-state index in [4.69, 9.17) is 4.74 Å². The van der Waals surface area contributed by atoms with Crippen LogP contribution in [0.4, 0.5) is 5.95 Å². The topological polar surface area (TPSA) is 69.0 Å². The summed E-state index contributed by atoms with van der Waals surface area (Å²) in [5.74, 6) is 1.11. The lowest BCUT2D eigenvalue weighted by molar-refractivity contribution is -0.118. The number of hydrogen-bond donors (Lipinski definition) is 1. The molecule has 2 heterocycles. The Morgan fingerprint density at radius 1 is 1.29 bits per heavy atom. The van der Waals surface area contributed by atoms with Crippen LogP contribution in [0.25, 0.3) is 0 Å². The summed E-state index contributed by atoms with van der Waals surface area (Å²) in [6, 6.07) is 8.15. The van der Waals surface area contributed by atoms with Gasteiger partial charge in [0, 0.05) is 11.6 Å². The molecule has 1 aliphatic carbocycles. The molecule has 1 aliphatic heterocycles. The van der Waals surface area contributed by atoms with Crippen molar-refractivity contribution in [1.82, 2.24) is 14.8 Å². The number of amides is 1. The number of carbonyl (C=O) groups is 1. The van der Waals surface area contributed by atoms with Gasteiger partial charge in [-0.25, -0.2) is 0 Å². The summed E-state index contributed by atoms with van der Waals surface area (Å²) in [6.45, 7) is 0.560. The predicted octanol–water partition coefficient (Wildman–Crippen LogP) is 2.12. The van der Waals surface area contributed by atoms with Gasteiger partial charge < -0.3 is 4.74 Å². The highest BCUT2D eigenvalue weighted by Crippen LogP contribution is 2.37. The van der Waals surface area contributed by atoms with Crippen LogP contribution in [0.5, 0.6) is 5.75 Å². The molecular weight excluding hydrogens is 268 g/mol. The number of para-hydroxylation sites is 1. The van der Waals surface area contributed by atoms with Crippen LogP contribution >= 0.6 is 0 Å². The highest BCUT2D eigenvalue weighted by Gasteiger charge is 2.30. The molecule has 1 fully saturated rings. The summed E-state index contributed by atoms with van der Waals surface area (Å²) >= 11 is 0. The number of nitrogens with zero attached hydrogens (tertiary/aromatic N) is 3. The molecule has 1 unspecified atom stereocenters. The van der Waals surface area contributed by atoms with Crippen LogP contribution in [0.1, 0.15) is 36.8 Å². The third-order valence-electron chi connectivity index (χ3n) is 4.02. The molecule has 0 spiro atoms. The fourth-order valence-electron chi connectivity index (χ4n) is 2.76. The summed E-state index contributed by atoms with van der Waals surface area (Å²) < 4.78 is 7.55. The molecule has 21 heavy (non-hydrogen) atoms. The number of ether oxygens (including phenoxy) is 1. The highest BCUT2D eigenvalue weighted by atomic mass is 16.5. The number of aromatic nitrogens is 3. The Labute approximate surface area is 122 Å². The quantitative estimate of drug-likeness (QED) is 0.937. The smallest absolute Gasteiger partial charge is 0.234 e. The summed E-state index contributed by atoms with van der Waals surface area (Å²) in [7, 11) is 0. The third kappa shape index (κ3) is 2.26. The van der Waals surface area contributed by atoms with Crippen LogP contribution < -0.4 is 10.1 Å². The summed E-state index contributed by atoms with van der Waals surface area (Å²) in [4.78, 5) is 12.6. The largest absolute Gasteiger partial charge is 0.493 e. The molecule has 0 radical (unpaired) electrons. The van der Waals surface area contributed by atoms with Crippen molar-refractivity contribution >= 4 is 11.9 Å². The molecule has 4 rings (SSSR count). The fourth-order valence-corrected chi connectivity index (χ4v) is 2.76. The lowest BCUT2D eigenvalue weighted by Crippen LogP contribution is -2.27. The summed E-state index contributed by atoms with van der Waals surface area (Å²) in [5, 5.41) is 10.8. The summed E-state index contributed by atoms with van der Waals surface area (Å²) in [6.07, 6.45) is 4.62. The molecule has 6 heteroatoms. The zero-order valence-corrected chi connectivity index (χ0v) is 11.5. The van der Waals surface area contributed by atoms with Gasteiger partial charge in [0.25, 0.3) is 0 Å². The maximum absolute atomic E-state index is 12.6. The van der Waals surface area contributed by atoms with Gasteiger partial charge in [0.1, 0.15) is 12.1 Å². The number of fused-ring (bicyclic) bond motifs is 1. The SMILES string of the molecule is O=C(Nc1nncn1C1CC1)C1CCOc2ccccc21. The molecule has 1 saturated carbocycles. The second-order valence-corrected chi connectivity index (χ2v) is 5.51. The van der Waals surface area contributed by atoms with E-state index in [9.17, 15) is 4.79 Å². The van der Waals surface area contributed by atoms with Crippen molar-refractivity contribution in [2.45, 2.75) is 31.2 Å². The molecule has 2 aromatic rings. The lowest BCUT2D eigenvalue weighted by atomic mass is 9.92.